The Labute approximate surface area is 122 Å². The van der Waals surface area contributed by atoms with E-state index in [0.717, 1.165) is 29.0 Å². The molecule has 4 nitrogen and oxygen atoms in total. The van der Waals surface area contributed by atoms with Gasteiger partial charge in [0.1, 0.15) is 18.0 Å². The highest BCUT2D eigenvalue weighted by Crippen LogP contribution is 2.26. The quantitative estimate of drug-likeness (QED) is 0.717. The van der Waals surface area contributed by atoms with Gasteiger partial charge in [-0.3, -0.25) is 0 Å². The molecule has 0 spiro atoms. The van der Waals surface area contributed by atoms with Crippen LogP contribution in [0.1, 0.15) is 18.1 Å². The van der Waals surface area contributed by atoms with Crippen LogP contribution in [0.3, 0.4) is 0 Å². The number of aryl methyl sites for hydroxylation is 1. The lowest BCUT2D eigenvalue weighted by Gasteiger charge is -2.06. The zero-order valence-corrected chi connectivity index (χ0v) is 11.5. The highest BCUT2D eigenvalue weighted by Gasteiger charge is 2.14. The normalized spacial score (nSPS) is 10.2. The van der Waals surface area contributed by atoms with Gasteiger partial charge in [0.25, 0.3) is 0 Å². The molecule has 3 aromatic rings. The molecule has 0 saturated heterocycles. The Morgan fingerprint density at radius 3 is 2.33 bits per heavy atom. The molecule has 2 aromatic carbocycles. The van der Waals surface area contributed by atoms with Crippen LogP contribution in [0.4, 0.5) is 0 Å². The second-order valence-corrected chi connectivity index (χ2v) is 4.66. The minimum atomic E-state index is 0.366. The number of nitrogens with zero attached hydrogens (tertiary/aromatic N) is 4. The van der Waals surface area contributed by atoms with Crippen LogP contribution in [0, 0.1) is 22.7 Å². The predicted octanol–water partition coefficient (Wildman–Crippen LogP) is 3.47. The third kappa shape index (κ3) is 2.04. The standard InChI is InChI=1S/C17H12N4/c1-2-21-16-9-14(11-19)13(10-18)8-15(16)20-17(21)12-6-4-3-5-7-12/h3-9H,2H2,1H3. The van der Waals surface area contributed by atoms with Crippen LogP contribution in [0.5, 0.6) is 0 Å². The average molecular weight is 272 g/mol. The maximum atomic E-state index is 9.17. The first kappa shape index (κ1) is 12.9. The average Bonchev–Trinajstić information content (AvgIpc) is 2.91. The van der Waals surface area contributed by atoms with Crippen LogP contribution in [0.25, 0.3) is 22.4 Å². The van der Waals surface area contributed by atoms with E-state index < -0.39 is 0 Å². The highest BCUT2D eigenvalue weighted by atomic mass is 15.1. The third-order valence-electron chi connectivity index (χ3n) is 3.48. The summed E-state index contributed by atoms with van der Waals surface area (Å²) in [6.45, 7) is 2.79. The van der Waals surface area contributed by atoms with E-state index in [1.807, 2.05) is 37.3 Å². The molecule has 1 heterocycles. The maximum absolute atomic E-state index is 9.17. The summed E-state index contributed by atoms with van der Waals surface area (Å²) >= 11 is 0. The van der Waals surface area contributed by atoms with Gasteiger partial charge in [0, 0.05) is 12.1 Å². The molecule has 0 aliphatic rings. The van der Waals surface area contributed by atoms with E-state index in [0.29, 0.717) is 11.1 Å². The lowest BCUT2D eigenvalue weighted by Crippen LogP contribution is -1.97. The molecular weight excluding hydrogens is 260 g/mol. The van der Waals surface area contributed by atoms with Crippen molar-refractivity contribution in [2.24, 2.45) is 0 Å². The van der Waals surface area contributed by atoms with Crippen molar-refractivity contribution in [3.63, 3.8) is 0 Å². The van der Waals surface area contributed by atoms with Crippen molar-refractivity contribution >= 4 is 11.0 Å². The molecule has 3 rings (SSSR count). The summed E-state index contributed by atoms with van der Waals surface area (Å²) in [7, 11) is 0. The number of imidazole rings is 1. The van der Waals surface area contributed by atoms with Crippen LogP contribution in [0.2, 0.25) is 0 Å². The van der Waals surface area contributed by atoms with Crippen molar-refractivity contribution in [1.82, 2.24) is 9.55 Å². The minimum Gasteiger partial charge on any atom is -0.324 e. The van der Waals surface area contributed by atoms with Gasteiger partial charge in [-0.15, -0.1) is 0 Å². The molecule has 21 heavy (non-hydrogen) atoms. The number of benzene rings is 2. The fourth-order valence-electron chi connectivity index (χ4n) is 2.48. The van der Waals surface area contributed by atoms with E-state index in [1.54, 1.807) is 12.1 Å². The molecule has 0 amide bonds. The molecule has 100 valence electrons. The molecule has 4 heteroatoms. The number of hydrogen-bond donors (Lipinski definition) is 0. The molecule has 0 saturated carbocycles. The van der Waals surface area contributed by atoms with Gasteiger partial charge in [-0.2, -0.15) is 10.5 Å². The number of hydrogen-bond acceptors (Lipinski definition) is 3. The number of fused-ring (bicyclic) bond motifs is 1. The van der Waals surface area contributed by atoms with Gasteiger partial charge in [0.05, 0.1) is 22.2 Å². The number of nitriles is 2. The van der Waals surface area contributed by atoms with Gasteiger partial charge >= 0.3 is 0 Å². The minimum absolute atomic E-state index is 0.366. The fraction of sp³-hybridized carbons (Fsp3) is 0.118. The van der Waals surface area contributed by atoms with E-state index in [1.165, 1.54) is 0 Å². The molecule has 1 aromatic heterocycles. The van der Waals surface area contributed by atoms with E-state index in [9.17, 15) is 0 Å². The van der Waals surface area contributed by atoms with Gasteiger partial charge in [0.2, 0.25) is 0 Å². The molecule has 0 N–H and O–H groups in total. The van der Waals surface area contributed by atoms with Gasteiger partial charge in [-0.25, -0.2) is 4.98 Å². The van der Waals surface area contributed by atoms with Crippen LogP contribution in [-0.2, 0) is 6.54 Å². The van der Waals surface area contributed by atoms with Crippen LogP contribution < -0.4 is 0 Å². The topological polar surface area (TPSA) is 65.4 Å². The van der Waals surface area contributed by atoms with Gasteiger partial charge in [0.15, 0.2) is 0 Å². The zero-order chi connectivity index (χ0) is 14.8. The Balaban J connectivity index is 2.34. The Bertz CT molecular complexity index is 892. The van der Waals surface area contributed by atoms with Crippen LogP contribution >= 0.6 is 0 Å². The van der Waals surface area contributed by atoms with Gasteiger partial charge in [-0.1, -0.05) is 30.3 Å². The maximum Gasteiger partial charge on any atom is 0.141 e. The lowest BCUT2D eigenvalue weighted by atomic mass is 10.1. The second-order valence-electron chi connectivity index (χ2n) is 4.66. The van der Waals surface area contributed by atoms with Gasteiger partial charge in [-0.05, 0) is 19.1 Å². The lowest BCUT2D eigenvalue weighted by molar-refractivity contribution is 0.796. The monoisotopic (exact) mass is 272 g/mol. The van der Waals surface area contributed by atoms with Crippen molar-refractivity contribution < 1.29 is 0 Å². The smallest absolute Gasteiger partial charge is 0.141 e. The Morgan fingerprint density at radius 1 is 1.05 bits per heavy atom. The molecule has 0 fully saturated rings. The summed E-state index contributed by atoms with van der Waals surface area (Å²) in [5.41, 5.74) is 3.40. The van der Waals surface area contributed by atoms with Crippen molar-refractivity contribution in [3.05, 3.63) is 53.6 Å². The first-order valence-corrected chi connectivity index (χ1v) is 6.68. The van der Waals surface area contributed by atoms with E-state index in [-0.39, 0.29) is 0 Å². The first-order valence-electron chi connectivity index (χ1n) is 6.68. The first-order chi connectivity index (χ1) is 10.3. The van der Waals surface area contributed by atoms with E-state index in [4.69, 9.17) is 10.5 Å². The molecular formula is C17H12N4. The highest BCUT2D eigenvalue weighted by molar-refractivity contribution is 5.84. The predicted molar refractivity (Wildman–Crippen MR) is 80.3 cm³/mol. The summed E-state index contributed by atoms with van der Waals surface area (Å²) in [4.78, 5) is 4.64. The summed E-state index contributed by atoms with van der Waals surface area (Å²) < 4.78 is 2.06. The Kier molecular flexibility index (Phi) is 3.14. The zero-order valence-electron chi connectivity index (χ0n) is 11.5. The third-order valence-corrected chi connectivity index (χ3v) is 3.48. The second kappa shape index (κ2) is 5.11. The molecule has 0 atom stereocenters. The largest absolute Gasteiger partial charge is 0.324 e. The van der Waals surface area contributed by atoms with Crippen molar-refractivity contribution in [3.8, 4) is 23.5 Å². The van der Waals surface area contributed by atoms with Crippen LogP contribution in [0.15, 0.2) is 42.5 Å². The molecule has 0 radical (unpaired) electrons. The molecule has 0 aliphatic heterocycles. The summed E-state index contributed by atoms with van der Waals surface area (Å²) in [6.07, 6.45) is 0. The van der Waals surface area contributed by atoms with Crippen molar-refractivity contribution in [1.29, 1.82) is 10.5 Å². The summed E-state index contributed by atoms with van der Waals surface area (Å²) in [5.74, 6) is 0.854. The number of rotatable bonds is 2. The van der Waals surface area contributed by atoms with Crippen LogP contribution in [-0.4, -0.2) is 9.55 Å². The van der Waals surface area contributed by atoms with Crippen molar-refractivity contribution in [2.75, 3.05) is 0 Å². The molecule has 0 aliphatic carbocycles. The fourth-order valence-corrected chi connectivity index (χ4v) is 2.48. The SMILES string of the molecule is CCn1c(-c2ccccc2)nc2cc(C#N)c(C#N)cc21. The van der Waals surface area contributed by atoms with Crippen molar-refractivity contribution in [2.45, 2.75) is 13.5 Å². The van der Waals surface area contributed by atoms with E-state index >= 15 is 0 Å². The molecule has 0 unspecified atom stereocenters. The van der Waals surface area contributed by atoms with E-state index in [2.05, 4.69) is 21.7 Å². The van der Waals surface area contributed by atoms with Gasteiger partial charge < -0.3 is 4.57 Å². The molecule has 0 bridgehead atoms. The summed E-state index contributed by atoms with van der Waals surface area (Å²) in [6, 6.07) is 17.5. The number of aromatic nitrogens is 2. The Morgan fingerprint density at radius 2 is 1.71 bits per heavy atom. The summed E-state index contributed by atoms with van der Waals surface area (Å²) in [5, 5.41) is 18.3. The Hall–Kier alpha value is -3.11.